The third kappa shape index (κ3) is 3.56. The summed E-state index contributed by atoms with van der Waals surface area (Å²) in [5.74, 6) is 0.834. The van der Waals surface area contributed by atoms with Crippen LogP contribution in [0.25, 0.3) is 0 Å². The Kier molecular flexibility index (Phi) is 4.82. The summed E-state index contributed by atoms with van der Waals surface area (Å²) in [5, 5.41) is 19.7. The molecule has 0 aromatic heterocycles. The molecule has 0 aliphatic carbocycles. The van der Waals surface area contributed by atoms with Crippen LogP contribution >= 0.6 is 0 Å². The van der Waals surface area contributed by atoms with E-state index in [0.717, 1.165) is 7.22 Å². The molecule has 0 amide bonds. The van der Waals surface area contributed by atoms with Crippen molar-refractivity contribution < 1.29 is 10.2 Å². The van der Waals surface area contributed by atoms with Gasteiger partial charge in [0.1, 0.15) is 0 Å². The molecule has 0 saturated carbocycles. The number of phenols is 2. The van der Waals surface area contributed by atoms with E-state index in [4.69, 9.17) is 0 Å². The summed E-state index contributed by atoms with van der Waals surface area (Å²) in [6.07, 6.45) is 0. The van der Waals surface area contributed by atoms with Gasteiger partial charge in [-0.1, -0.05) is 0 Å². The van der Waals surface area contributed by atoms with E-state index in [1.54, 1.807) is 12.1 Å². The molecular weight excluding hydrogens is 455 g/mol. The Bertz CT molecular complexity index is 516. The first kappa shape index (κ1) is 14.0. The predicted octanol–water partition coefficient (Wildman–Crippen LogP) is 0.989. The Labute approximate surface area is 123 Å². The molecule has 0 atom stereocenters. The van der Waals surface area contributed by atoms with E-state index in [1.807, 2.05) is 26.0 Å². The van der Waals surface area contributed by atoms with Crippen LogP contribution in [0.15, 0.2) is 36.4 Å². The first-order valence-electron chi connectivity index (χ1n) is 5.50. The summed E-state index contributed by atoms with van der Waals surface area (Å²) in [6, 6.07) is 11.6. The van der Waals surface area contributed by atoms with Crippen molar-refractivity contribution in [2.24, 2.45) is 0 Å². The minimum atomic E-state index is -0.392. The second-order valence-electron chi connectivity index (χ2n) is 4.11. The van der Waals surface area contributed by atoms with Crippen LogP contribution in [0.1, 0.15) is 11.1 Å². The Balaban J connectivity index is 2.16. The van der Waals surface area contributed by atoms with Crippen LogP contribution in [0.4, 0.5) is 0 Å². The van der Waals surface area contributed by atoms with Gasteiger partial charge in [-0.2, -0.15) is 0 Å². The predicted molar refractivity (Wildman–Crippen MR) is 76.5 cm³/mol. The van der Waals surface area contributed by atoms with Crippen LogP contribution in [0, 0.1) is 13.8 Å². The fourth-order valence-corrected chi connectivity index (χ4v) is 12.7. The fourth-order valence-electron chi connectivity index (χ4n) is 1.47. The summed E-state index contributed by atoms with van der Waals surface area (Å²) in [7, 11) is 0. The molecule has 0 radical (unpaired) electrons. The molecule has 18 heavy (non-hydrogen) atoms. The van der Waals surface area contributed by atoms with E-state index in [-0.39, 0.29) is 0 Å². The molecule has 0 saturated heterocycles. The number of hydrogen-bond donors (Lipinski definition) is 2. The zero-order valence-electron chi connectivity index (χ0n) is 10.2. The fraction of sp³-hybridized carbons (Fsp3) is 0.143. The van der Waals surface area contributed by atoms with Gasteiger partial charge in [0.2, 0.25) is 0 Å². The van der Waals surface area contributed by atoms with Gasteiger partial charge in [0.25, 0.3) is 0 Å². The van der Waals surface area contributed by atoms with Crippen LogP contribution in [-0.2, 0) is 0 Å². The molecule has 0 bridgehead atoms. The van der Waals surface area contributed by atoms with Crippen molar-refractivity contribution in [3.05, 3.63) is 47.5 Å². The number of hydrogen-bond acceptors (Lipinski definition) is 2. The molecule has 0 unspecified atom stereocenters. The maximum atomic E-state index is 9.83. The molecule has 2 nitrogen and oxygen atoms in total. The van der Waals surface area contributed by atoms with Gasteiger partial charge in [-0.3, -0.25) is 0 Å². The number of benzene rings is 2. The van der Waals surface area contributed by atoms with Crippen molar-refractivity contribution in [3.8, 4) is 11.5 Å². The van der Waals surface area contributed by atoms with Crippen molar-refractivity contribution in [3.63, 3.8) is 0 Å². The Morgan fingerprint density at radius 3 is 1.50 bits per heavy atom. The van der Waals surface area contributed by atoms with Crippen molar-refractivity contribution in [1.29, 1.82) is 0 Å². The first-order valence-corrected chi connectivity index (χ1v) is 15.2. The number of phenolic OH excluding ortho intramolecular Hbond substituents is 2. The van der Waals surface area contributed by atoms with Crippen LogP contribution in [0.2, 0.25) is 0 Å². The molecule has 0 heterocycles. The minimum absolute atomic E-state index is 0.392. The summed E-state index contributed by atoms with van der Waals surface area (Å²) in [4.78, 5) is 0. The molecule has 2 rings (SSSR count). The number of rotatable bonds is 3. The van der Waals surface area contributed by atoms with Crippen molar-refractivity contribution in [2.45, 2.75) is 13.8 Å². The van der Waals surface area contributed by atoms with E-state index in [1.165, 1.54) is 11.1 Å². The SMILES string of the molecule is Cc1ccc(O)c([Te][Te]c2cc(C)ccc2O)c1. The molecule has 2 aromatic carbocycles. The molecule has 0 aliphatic rings. The molecular formula is C14H14O2Te2. The summed E-state index contributed by atoms with van der Waals surface area (Å²) < 4.78 is 2.23. The van der Waals surface area contributed by atoms with Crippen molar-refractivity contribution in [2.75, 3.05) is 0 Å². The van der Waals surface area contributed by atoms with Gasteiger partial charge in [-0.25, -0.2) is 0 Å². The van der Waals surface area contributed by atoms with Crippen molar-refractivity contribution >= 4 is 41.3 Å². The molecule has 94 valence electrons. The average molecular weight is 469 g/mol. The maximum absolute atomic E-state index is 9.83. The van der Waals surface area contributed by atoms with E-state index < -0.39 is 34.1 Å². The van der Waals surface area contributed by atoms with Crippen LogP contribution < -0.4 is 7.22 Å². The van der Waals surface area contributed by atoms with Crippen LogP contribution in [-0.4, -0.2) is 44.3 Å². The number of aryl methyl sites for hydroxylation is 2. The second kappa shape index (κ2) is 6.18. The van der Waals surface area contributed by atoms with Gasteiger partial charge in [0.05, 0.1) is 0 Å². The van der Waals surface area contributed by atoms with Gasteiger partial charge < -0.3 is 0 Å². The summed E-state index contributed by atoms with van der Waals surface area (Å²) in [5.41, 5.74) is 2.38. The normalized spacial score (nSPS) is 10.6. The van der Waals surface area contributed by atoms with Crippen molar-refractivity contribution in [1.82, 2.24) is 0 Å². The Hall–Kier alpha value is -0.381. The van der Waals surface area contributed by atoms with Gasteiger partial charge in [0.15, 0.2) is 0 Å². The molecule has 4 heteroatoms. The van der Waals surface area contributed by atoms with Crippen LogP contribution in [0.5, 0.6) is 11.5 Å². The van der Waals surface area contributed by atoms with E-state index in [9.17, 15) is 10.2 Å². The van der Waals surface area contributed by atoms with Gasteiger partial charge in [-0.15, -0.1) is 0 Å². The Morgan fingerprint density at radius 1 is 0.722 bits per heavy atom. The second-order valence-corrected chi connectivity index (χ2v) is 14.0. The average Bonchev–Trinajstić information content (AvgIpc) is 2.34. The molecule has 2 N–H and O–H groups in total. The van der Waals surface area contributed by atoms with E-state index in [2.05, 4.69) is 12.1 Å². The zero-order chi connectivity index (χ0) is 13.1. The van der Waals surface area contributed by atoms with Gasteiger partial charge in [0, 0.05) is 0 Å². The summed E-state index contributed by atoms with van der Waals surface area (Å²) >= 11 is -0.784. The molecule has 2 aromatic rings. The topological polar surface area (TPSA) is 40.5 Å². The molecule has 0 fully saturated rings. The zero-order valence-corrected chi connectivity index (χ0v) is 14.8. The molecule has 0 spiro atoms. The van der Waals surface area contributed by atoms with Crippen LogP contribution in [0.3, 0.4) is 0 Å². The quantitative estimate of drug-likeness (QED) is 0.659. The third-order valence-corrected chi connectivity index (χ3v) is 14.1. The third-order valence-electron chi connectivity index (χ3n) is 2.45. The molecule has 0 aliphatic heterocycles. The number of aromatic hydroxyl groups is 2. The standard InChI is InChI=1S/C14H14O2Te2/c1-9-3-5-11(15)13(7-9)17-18-14-8-10(2)4-6-12(14)16/h3-8,15-16H,1-2H3. The Morgan fingerprint density at radius 2 is 1.11 bits per heavy atom. The monoisotopic (exact) mass is 474 g/mol. The first-order chi connectivity index (χ1) is 8.56. The van der Waals surface area contributed by atoms with E-state index >= 15 is 0 Å². The van der Waals surface area contributed by atoms with Gasteiger partial charge in [-0.05, 0) is 0 Å². The van der Waals surface area contributed by atoms with E-state index in [0.29, 0.717) is 11.5 Å². The summed E-state index contributed by atoms with van der Waals surface area (Å²) in [6.45, 7) is 4.08. The van der Waals surface area contributed by atoms with Gasteiger partial charge >= 0.3 is 124 Å².